The van der Waals surface area contributed by atoms with Gasteiger partial charge in [0.15, 0.2) is 0 Å². The number of hydrogen-bond donors (Lipinski definition) is 1. The Labute approximate surface area is 200 Å². The molecule has 3 aromatic rings. The maximum absolute atomic E-state index is 13.9. The fourth-order valence-corrected chi connectivity index (χ4v) is 7.40. The predicted molar refractivity (Wildman–Crippen MR) is 134 cm³/mol. The average molecular weight is 460 g/mol. The molecular weight excluding hydrogens is 426 g/mol. The molecule has 3 heterocycles. The Hall–Kier alpha value is -2.53. The Bertz CT molecular complexity index is 1150. The number of fused-ring (bicyclic) bond motifs is 5. The minimum absolute atomic E-state index is 0.0860. The number of carbonyl (C=O) groups excluding carboxylic acids is 1. The summed E-state index contributed by atoms with van der Waals surface area (Å²) in [6, 6.07) is 13.6. The van der Waals surface area contributed by atoms with Gasteiger partial charge in [-0.05, 0) is 73.8 Å². The van der Waals surface area contributed by atoms with Crippen molar-refractivity contribution >= 4 is 17.4 Å². The molecule has 0 radical (unpaired) electrons. The lowest BCUT2D eigenvalue weighted by Gasteiger charge is -2.32. The van der Waals surface area contributed by atoms with Crippen LogP contribution in [0.1, 0.15) is 84.3 Å². The van der Waals surface area contributed by atoms with Gasteiger partial charge >= 0.3 is 6.03 Å². The van der Waals surface area contributed by atoms with Crippen LogP contribution in [0.25, 0.3) is 5.00 Å². The topological polar surface area (TPSA) is 37.3 Å². The highest BCUT2D eigenvalue weighted by Gasteiger charge is 2.36. The van der Waals surface area contributed by atoms with Crippen LogP contribution in [0, 0.1) is 0 Å². The van der Waals surface area contributed by atoms with Gasteiger partial charge in [-0.1, -0.05) is 44.0 Å². The fraction of sp³-hybridized carbons (Fsp3) is 0.464. The van der Waals surface area contributed by atoms with E-state index in [0.29, 0.717) is 12.6 Å². The average Bonchev–Trinajstić information content (AvgIpc) is 3.58. The van der Waals surface area contributed by atoms with Crippen LogP contribution in [-0.4, -0.2) is 21.5 Å². The van der Waals surface area contributed by atoms with Gasteiger partial charge in [0.2, 0.25) is 0 Å². The monoisotopic (exact) mass is 459 g/mol. The molecule has 1 fully saturated rings. The van der Waals surface area contributed by atoms with Crippen LogP contribution in [0.15, 0.2) is 42.6 Å². The van der Waals surface area contributed by atoms with Crippen LogP contribution < -0.4 is 5.32 Å². The van der Waals surface area contributed by atoms with Gasteiger partial charge in [-0.3, -0.25) is 0 Å². The Balaban J connectivity index is 1.47. The lowest BCUT2D eigenvalue weighted by atomic mass is 9.95. The molecule has 1 aromatic carbocycles. The van der Waals surface area contributed by atoms with Crippen molar-refractivity contribution in [1.82, 2.24) is 14.8 Å². The first-order chi connectivity index (χ1) is 16.2. The molecule has 172 valence electrons. The second-order valence-electron chi connectivity index (χ2n) is 9.85. The van der Waals surface area contributed by atoms with Crippen molar-refractivity contribution in [3.63, 3.8) is 0 Å². The molecule has 2 aromatic heterocycles. The molecule has 4 nitrogen and oxygen atoms in total. The molecule has 2 amide bonds. The van der Waals surface area contributed by atoms with E-state index >= 15 is 0 Å². The van der Waals surface area contributed by atoms with Crippen molar-refractivity contribution in [2.45, 2.75) is 83.3 Å². The summed E-state index contributed by atoms with van der Waals surface area (Å²) in [5.41, 5.74) is 6.61. The largest absolute Gasteiger partial charge is 0.335 e. The zero-order chi connectivity index (χ0) is 22.4. The van der Waals surface area contributed by atoms with Gasteiger partial charge < -0.3 is 14.8 Å². The van der Waals surface area contributed by atoms with Crippen molar-refractivity contribution in [1.29, 1.82) is 0 Å². The van der Waals surface area contributed by atoms with Gasteiger partial charge in [-0.2, -0.15) is 0 Å². The third-order valence-electron chi connectivity index (χ3n) is 7.83. The van der Waals surface area contributed by atoms with Crippen LogP contribution in [-0.2, 0) is 25.8 Å². The smallest absolute Gasteiger partial charge is 0.318 e. The summed E-state index contributed by atoms with van der Waals surface area (Å²) in [5, 5.41) is 4.73. The number of nitrogens with one attached hydrogen (secondary N) is 1. The molecule has 1 N–H and O–H groups in total. The second-order valence-corrected chi connectivity index (χ2v) is 10.9. The number of carbonyl (C=O) groups is 1. The van der Waals surface area contributed by atoms with E-state index in [1.165, 1.54) is 69.9 Å². The fourth-order valence-electron chi connectivity index (χ4n) is 6.00. The van der Waals surface area contributed by atoms with E-state index in [-0.39, 0.29) is 12.1 Å². The number of amides is 2. The normalized spacial score (nSPS) is 20.2. The summed E-state index contributed by atoms with van der Waals surface area (Å²) in [5.74, 6) is 0. The molecule has 0 unspecified atom stereocenters. The molecule has 0 bridgehead atoms. The van der Waals surface area contributed by atoms with Crippen LogP contribution >= 0.6 is 11.3 Å². The molecule has 33 heavy (non-hydrogen) atoms. The number of hydrogen-bond acceptors (Lipinski definition) is 2. The van der Waals surface area contributed by atoms with Gasteiger partial charge in [0.05, 0.1) is 18.3 Å². The number of thiophene rings is 1. The SMILES string of the molecule is CCc1ccc([C@@H]2c3cccn3-c3sc4c(c3CN2C(=O)NC2CCCC2)CCCC4)cc1. The third-order valence-corrected chi connectivity index (χ3v) is 9.16. The Morgan fingerprint density at radius 1 is 1.03 bits per heavy atom. The molecule has 0 saturated heterocycles. The quantitative estimate of drug-likeness (QED) is 0.474. The molecule has 0 spiro atoms. The number of aryl methyl sites for hydroxylation is 2. The Morgan fingerprint density at radius 3 is 2.61 bits per heavy atom. The van der Waals surface area contributed by atoms with Crippen LogP contribution in [0.4, 0.5) is 4.79 Å². The predicted octanol–water partition coefficient (Wildman–Crippen LogP) is 6.54. The first-order valence-electron chi connectivity index (χ1n) is 12.7. The van der Waals surface area contributed by atoms with Crippen molar-refractivity contribution in [3.05, 3.63) is 75.4 Å². The minimum atomic E-state index is -0.0915. The van der Waals surface area contributed by atoms with Crippen molar-refractivity contribution in [3.8, 4) is 5.00 Å². The van der Waals surface area contributed by atoms with Crippen molar-refractivity contribution in [2.24, 2.45) is 0 Å². The molecule has 5 heteroatoms. The van der Waals surface area contributed by atoms with E-state index in [0.717, 1.165) is 25.7 Å². The van der Waals surface area contributed by atoms with Gasteiger partial charge in [-0.15, -0.1) is 11.3 Å². The standard InChI is InChI=1S/C28H33N3OS/c1-2-19-13-15-20(16-14-19)26-24-11-7-17-30(24)27-23(22-10-5-6-12-25(22)33-27)18-31(26)28(32)29-21-8-3-4-9-21/h7,11,13-17,21,26H,2-6,8-10,12,18H2,1H3,(H,29,32)/t26-/m1/s1. The number of benzene rings is 1. The zero-order valence-electron chi connectivity index (χ0n) is 19.5. The number of nitrogens with zero attached hydrogens (tertiary/aromatic N) is 2. The lowest BCUT2D eigenvalue weighted by Crippen LogP contribution is -2.45. The van der Waals surface area contributed by atoms with E-state index < -0.39 is 0 Å². The van der Waals surface area contributed by atoms with Crippen LogP contribution in [0.3, 0.4) is 0 Å². The van der Waals surface area contributed by atoms with Gasteiger partial charge in [0.25, 0.3) is 0 Å². The molecule has 3 aliphatic rings. The van der Waals surface area contributed by atoms with E-state index in [9.17, 15) is 4.79 Å². The first kappa shape index (κ1) is 21.0. The molecule has 6 rings (SSSR count). The summed E-state index contributed by atoms with van der Waals surface area (Å²) in [6.45, 7) is 2.87. The highest BCUT2D eigenvalue weighted by atomic mass is 32.1. The summed E-state index contributed by atoms with van der Waals surface area (Å²) in [4.78, 5) is 17.5. The molecule has 1 aliphatic heterocycles. The third kappa shape index (κ3) is 3.71. The van der Waals surface area contributed by atoms with E-state index in [2.05, 4.69) is 64.3 Å². The Kier molecular flexibility index (Phi) is 5.53. The van der Waals surface area contributed by atoms with Gasteiger partial charge in [-0.25, -0.2) is 4.79 Å². The number of rotatable bonds is 3. The molecular formula is C28H33N3OS. The maximum atomic E-state index is 13.9. The number of aromatic nitrogens is 1. The lowest BCUT2D eigenvalue weighted by molar-refractivity contribution is 0.176. The molecule has 1 atom stereocenters. The van der Waals surface area contributed by atoms with Gasteiger partial charge in [0.1, 0.15) is 5.00 Å². The van der Waals surface area contributed by atoms with Crippen LogP contribution in [0.5, 0.6) is 0 Å². The van der Waals surface area contributed by atoms with Gasteiger partial charge in [0, 0.05) is 22.7 Å². The van der Waals surface area contributed by atoms with Crippen molar-refractivity contribution < 1.29 is 4.79 Å². The van der Waals surface area contributed by atoms with E-state index in [1.807, 2.05) is 11.3 Å². The Morgan fingerprint density at radius 2 is 1.82 bits per heavy atom. The van der Waals surface area contributed by atoms with Crippen LogP contribution in [0.2, 0.25) is 0 Å². The summed E-state index contributed by atoms with van der Waals surface area (Å²) in [7, 11) is 0. The molecule has 1 saturated carbocycles. The highest BCUT2D eigenvalue weighted by molar-refractivity contribution is 7.15. The maximum Gasteiger partial charge on any atom is 0.318 e. The summed E-state index contributed by atoms with van der Waals surface area (Å²) >= 11 is 1.95. The summed E-state index contributed by atoms with van der Waals surface area (Å²) in [6.07, 6.45) is 12.7. The molecule has 2 aliphatic carbocycles. The first-order valence-corrected chi connectivity index (χ1v) is 13.5. The van der Waals surface area contributed by atoms with E-state index in [4.69, 9.17) is 0 Å². The zero-order valence-corrected chi connectivity index (χ0v) is 20.3. The summed E-state index contributed by atoms with van der Waals surface area (Å²) < 4.78 is 2.37. The highest BCUT2D eigenvalue weighted by Crippen LogP contribution is 2.44. The second kappa shape index (κ2) is 8.68. The number of urea groups is 1. The minimum Gasteiger partial charge on any atom is -0.335 e. The van der Waals surface area contributed by atoms with E-state index in [1.54, 1.807) is 0 Å². The van der Waals surface area contributed by atoms with Crippen molar-refractivity contribution in [2.75, 3.05) is 0 Å².